The Morgan fingerprint density at radius 1 is 1.05 bits per heavy atom. The highest BCUT2D eigenvalue weighted by Crippen LogP contribution is 2.31. The summed E-state index contributed by atoms with van der Waals surface area (Å²) in [6.45, 7) is 0. The van der Waals surface area contributed by atoms with Gasteiger partial charge in [-0.15, -0.1) is 0 Å². The van der Waals surface area contributed by atoms with Crippen LogP contribution >= 0.6 is 0 Å². The summed E-state index contributed by atoms with van der Waals surface area (Å²) >= 11 is 0. The monoisotopic (exact) mass is 266 g/mol. The molecule has 4 nitrogen and oxygen atoms in total. The molecular weight excluding hydrogens is 256 g/mol. The van der Waals surface area contributed by atoms with Crippen molar-refractivity contribution in [2.75, 3.05) is 0 Å². The average Bonchev–Trinajstić information content (AvgIpc) is 2.77. The number of benzene rings is 2. The Hall–Kier alpha value is -2.88. The van der Waals surface area contributed by atoms with Crippen LogP contribution in [0.25, 0.3) is 6.08 Å². The van der Waals surface area contributed by atoms with Gasteiger partial charge in [-0.2, -0.15) is 0 Å². The molecule has 0 saturated carbocycles. The number of para-hydroxylation sites is 1. The second-order valence-electron chi connectivity index (χ2n) is 4.36. The van der Waals surface area contributed by atoms with Crippen LogP contribution in [-0.2, 0) is 0 Å². The van der Waals surface area contributed by atoms with Gasteiger partial charge in [0, 0.05) is 0 Å². The lowest BCUT2D eigenvalue weighted by Crippen LogP contribution is -1.98. The van der Waals surface area contributed by atoms with E-state index in [-0.39, 0.29) is 17.1 Å². The highest BCUT2D eigenvalue weighted by atomic mass is 16.5. The predicted molar refractivity (Wildman–Crippen MR) is 72.8 cm³/mol. The van der Waals surface area contributed by atoms with Crippen molar-refractivity contribution < 1.29 is 19.4 Å². The molecule has 0 bridgehead atoms. The number of carboxylic acids is 1. The Balaban J connectivity index is 1.91. The normalized spacial score (nSPS) is 15.0. The smallest absolute Gasteiger partial charge is 0.335 e. The highest BCUT2D eigenvalue weighted by molar-refractivity contribution is 6.14. The van der Waals surface area contributed by atoms with Gasteiger partial charge < -0.3 is 9.84 Å². The number of aromatic carboxylic acids is 1. The molecule has 0 aliphatic carbocycles. The summed E-state index contributed by atoms with van der Waals surface area (Å²) in [4.78, 5) is 22.9. The summed E-state index contributed by atoms with van der Waals surface area (Å²) in [7, 11) is 0. The molecule has 1 N–H and O–H groups in total. The van der Waals surface area contributed by atoms with Gasteiger partial charge >= 0.3 is 5.97 Å². The summed E-state index contributed by atoms with van der Waals surface area (Å²) in [5.74, 6) is -0.354. The SMILES string of the molecule is O=C(O)c1ccc(/C=C2\Oc3ccccc3C2=O)cc1. The molecule has 0 aromatic heterocycles. The number of rotatable bonds is 2. The first kappa shape index (κ1) is 12.2. The van der Waals surface area contributed by atoms with Crippen LogP contribution in [-0.4, -0.2) is 16.9 Å². The van der Waals surface area contributed by atoms with Crippen LogP contribution in [0.15, 0.2) is 54.3 Å². The van der Waals surface area contributed by atoms with Gasteiger partial charge in [0.25, 0.3) is 0 Å². The predicted octanol–water partition coefficient (Wildman–Crippen LogP) is 3.00. The van der Waals surface area contributed by atoms with E-state index in [0.29, 0.717) is 16.9 Å². The number of carboxylic acid groups (broad SMARTS) is 1. The Kier molecular flexibility index (Phi) is 2.84. The minimum Gasteiger partial charge on any atom is -0.478 e. The van der Waals surface area contributed by atoms with E-state index in [4.69, 9.17) is 9.84 Å². The number of carbonyl (C=O) groups excluding carboxylic acids is 1. The van der Waals surface area contributed by atoms with Gasteiger partial charge in [-0.25, -0.2) is 4.79 Å². The number of hydrogen-bond acceptors (Lipinski definition) is 3. The van der Waals surface area contributed by atoms with Gasteiger partial charge in [0.05, 0.1) is 11.1 Å². The lowest BCUT2D eigenvalue weighted by Gasteiger charge is -1.99. The summed E-state index contributed by atoms with van der Waals surface area (Å²) in [6.07, 6.45) is 1.61. The zero-order valence-corrected chi connectivity index (χ0v) is 10.4. The van der Waals surface area contributed by atoms with Crippen LogP contribution in [0.5, 0.6) is 5.75 Å². The number of Topliss-reactive ketones (excluding diaryl/α,β-unsaturated/α-hetero) is 1. The van der Waals surface area contributed by atoms with Gasteiger partial charge in [0.1, 0.15) is 5.75 Å². The van der Waals surface area contributed by atoms with Gasteiger partial charge in [0.2, 0.25) is 5.78 Å². The second-order valence-corrected chi connectivity index (χ2v) is 4.36. The molecule has 2 aromatic rings. The van der Waals surface area contributed by atoms with Crippen LogP contribution in [0, 0.1) is 0 Å². The molecule has 4 heteroatoms. The van der Waals surface area contributed by atoms with Gasteiger partial charge in [0.15, 0.2) is 5.76 Å². The molecule has 1 aliphatic heterocycles. The first-order valence-corrected chi connectivity index (χ1v) is 6.02. The first-order valence-electron chi connectivity index (χ1n) is 6.02. The quantitative estimate of drug-likeness (QED) is 0.849. The number of fused-ring (bicyclic) bond motifs is 1. The van der Waals surface area contributed by atoms with E-state index in [1.807, 2.05) is 0 Å². The summed E-state index contributed by atoms with van der Waals surface area (Å²) in [5, 5.41) is 8.83. The molecule has 1 aliphatic rings. The molecule has 0 radical (unpaired) electrons. The number of allylic oxidation sites excluding steroid dienone is 1. The van der Waals surface area contributed by atoms with Crippen molar-refractivity contribution in [3.05, 3.63) is 71.0 Å². The van der Waals surface area contributed by atoms with Crippen molar-refractivity contribution in [2.45, 2.75) is 0 Å². The standard InChI is InChI=1S/C16H10O4/c17-15-12-3-1-2-4-13(12)20-14(15)9-10-5-7-11(8-6-10)16(18)19/h1-9H,(H,18,19)/b14-9-. The summed E-state index contributed by atoms with van der Waals surface area (Å²) in [6, 6.07) is 13.3. The maximum Gasteiger partial charge on any atom is 0.335 e. The van der Waals surface area contributed by atoms with Crippen molar-refractivity contribution in [3.63, 3.8) is 0 Å². The Morgan fingerprint density at radius 2 is 1.75 bits per heavy atom. The van der Waals surface area contributed by atoms with Crippen LogP contribution in [0.3, 0.4) is 0 Å². The van der Waals surface area contributed by atoms with Crippen LogP contribution in [0.1, 0.15) is 26.3 Å². The zero-order chi connectivity index (χ0) is 14.1. The molecule has 2 aromatic carbocycles. The number of hydrogen-bond donors (Lipinski definition) is 1. The van der Waals surface area contributed by atoms with E-state index in [0.717, 1.165) is 0 Å². The van der Waals surface area contributed by atoms with E-state index in [2.05, 4.69) is 0 Å². The Bertz CT molecular complexity index is 726. The fraction of sp³-hybridized carbons (Fsp3) is 0. The molecule has 0 unspecified atom stereocenters. The number of ether oxygens (including phenoxy) is 1. The molecule has 0 saturated heterocycles. The lowest BCUT2D eigenvalue weighted by atomic mass is 10.1. The maximum atomic E-state index is 12.1. The molecule has 0 amide bonds. The van der Waals surface area contributed by atoms with Crippen molar-refractivity contribution in [1.29, 1.82) is 0 Å². The van der Waals surface area contributed by atoms with E-state index >= 15 is 0 Å². The largest absolute Gasteiger partial charge is 0.478 e. The molecule has 98 valence electrons. The average molecular weight is 266 g/mol. The molecular formula is C16H10O4. The lowest BCUT2D eigenvalue weighted by molar-refractivity contribution is 0.0696. The van der Waals surface area contributed by atoms with Crippen LogP contribution in [0.2, 0.25) is 0 Å². The van der Waals surface area contributed by atoms with Gasteiger partial charge in [-0.1, -0.05) is 24.3 Å². The second kappa shape index (κ2) is 4.66. The third-order valence-corrected chi connectivity index (χ3v) is 3.03. The molecule has 0 fully saturated rings. The Labute approximate surface area is 114 Å². The van der Waals surface area contributed by atoms with E-state index in [1.165, 1.54) is 12.1 Å². The van der Waals surface area contributed by atoms with E-state index in [9.17, 15) is 9.59 Å². The topological polar surface area (TPSA) is 63.6 Å². The highest BCUT2D eigenvalue weighted by Gasteiger charge is 2.26. The molecule has 0 atom stereocenters. The van der Waals surface area contributed by atoms with Crippen molar-refractivity contribution in [2.24, 2.45) is 0 Å². The molecule has 0 spiro atoms. The minimum atomic E-state index is -0.982. The Morgan fingerprint density at radius 3 is 2.40 bits per heavy atom. The molecule has 1 heterocycles. The fourth-order valence-corrected chi connectivity index (χ4v) is 2.01. The maximum absolute atomic E-state index is 12.1. The molecule has 3 rings (SSSR count). The summed E-state index contributed by atoms with van der Waals surface area (Å²) < 4.78 is 5.50. The van der Waals surface area contributed by atoms with Crippen LogP contribution in [0.4, 0.5) is 0 Å². The third kappa shape index (κ3) is 2.07. The number of ketones is 1. The third-order valence-electron chi connectivity index (χ3n) is 3.03. The summed E-state index contributed by atoms with van der Waals surface area (Å²) in [5.41, 5.74) is 1.46. The van der Waals surface area contributed by atoms with Crippen LogP contribution < -0.4 is 4.74 Å². The number of carbonyl (C=O) groups is 2. The van der Waals surface area contributed by atoms with Crippen molar-refractivity contribution >= 4 is 17.8 Å². The van der Waals surface area contributed by atoms with Crippen molar-refractivity contribution in [3.8, 4) is 5.75 Å². The minimum absolute atomic E-state index is 0.164. The first-order chi connectivity index (χ1) is 9.65. The fourth-order valence-electron chi connectivity index (χ4n) is 2.01. The van der Waals surface area contributed by atoms with Gasteiger partial charge in [-0.05, 0) is 35.9 Å². The zero-order valence-electron chi connectivity index (χ0n) is 10.4. The van der Waals surface area contributed by atoms with E-state index < -0.39 is 5.97 Å². The van der Waals surface area contributed by atoms with Crippen molar-refractivity contribution in [1.82, 2.24) is 0 Å². The van der Waals surface area contributed by atoms with E-state index in [1.54, 1.807) is 42.5 Å². The van der Waals surface area contributed by atoms with Gasteiger partial charge in [-0.3, -0.25) is 4.79 Å². The molecule has 20 heavy (non-hydrogen) atoms.